The minimum atomic E-state index is 0.0105. The molecule has 7 nitrogen and oxygen atoms in total. The van der Waals surface area contributed by atoms with Crippen molar-refractivity contribution < 1.29 is 9.53 Å². The van der Waals surface area contributed by atoms with Crippen LogP contribution in [0.2, 0.25) is 0 Å². The van der Waals surface area contributed by atoms with Crippen LogP contribution >= 0.6 is 0 Å². The fourth-order valence-electron chi connectivity index (χ4n) is 3.42. The van der Waals surface area contributed by atoms with Crippen LogP contribution < -0.4 is 5.32 Å². The molecule has 0 saturated carbocycles. The number of fused-ring (bicyclic) bond motifs is 1. The van der Waals surface area contributed by atoms with E-state index in [0.717, 1.165) is 29.8 Å². The number of ether oxygens (including phenoxy) is 1. The Bertz CT molecular complexity index is 1040. The molecule has 1 N–H and O–H groups in total. The summed E-state index contributed by atoms with van der Waals surface area (Å²) < 4.78 is 7.31. The Kier molecular flexibility index (Phi) is 7.52. The number of rotatable bonds is 10. The summed E-state index contributed by atoms with van der Waals surface area (Å²) in [6.07, 6.45) is 4.18. The van der Waals surface area contributed by atoms with Crippen molar-refractivity contribution in [1.29, 1.82) is 5.26 Å². The van der Waals surface area contributed by atoms with Crippen LogP contribution in [0.25, 0.3) is 5.65 Å². The number of benzene rings is 1. The van der Waals surface area contributed by atoms with Crippen molar-refractivity contribution in [3.63, 3.8) is 0 Å². The highest BCUT2D eigenvalue weighted by Gasteiger charge is 2.14. The van der Waals surface area contributed by atoms with Crippen molar-refractivity contribution in [2.45, 2.75) is 39.5 Å². The van der Waals surface area contributed by atoms with Crippen molar-refractivity contribution in [2.24, 2.45) is 0 Å². The molecule has 0 aliphatic carbocycles. The van der Waals surface area contributed by atoms with Gasteiger partial charge in [0, 0.05) is 31.0 Å². The van der Waals surface area contributed by atoms with E-state index in [1.54, 1.807) is 4.52 Å². The molecule has 0 atom stereocenters. The van der Waals surface area contributed by atoms with Crippen LogP contribution in [0, 0.1) is 25.2 Å². The first kappa shape index (κ1) is 21.5. The first-order chi connectivity index (χ1) is 14.6. The molecule has 1 aromatic carbocycles. The van der Waals surface area contributed by atoms with E-state index in [0.29, 0.717) is 43.8 Å². The lowest BCUT2D eigenvalue weighted by Gasteiger charge is -2.11. The molecule has 156 valence electrons. The molecule has 1 amide bonds. The maximum atomic E-state index is 12.2. The fourth-order valence-corrected chi connectivity index (χ4v) is 3.42. The molecule has 7 heteroatoms. The topological polar surface area (TPSA) is 92.3 Å². The largest absolute Gasteiger partial charge is 0.381 e. The number of hydrogen-bond donors (Lipinski definition) is 1. The molecule has 2 heterocycles. The standard InChI is InChI=1S/C23H27N5O2/c1-17-21(18(2)28-23(27-17)20(15-24)16-26-28)9-10-22(29)25-12-6-13-30-14-11-19-7-4-3-5-8-19/h3-5,7-8,16H,6,9-14H2,1-2H3,(H,25,29). The molecule has 30 heavy (non-hydrogen) atoms. The van der Waals surface area contributed by atoms with E-state index in [1.165, 1.54) is 11.8 Å². The summed E-state index contributed by atoms with van der Waals surface area (Å²) in [5, 5.41) is 16.3. The number of carbonyl (C=O) groups is 1. The van der Waals surface area contributed by atoms with Gasteiger partial charge in [0.2, 0.25) is 5.91 Å². The molecule has 0 fully saturated rings. The van der Waals surface area contributed by atoms with Gasteiger partial charge in [0.05, 0.1) is 12.8 Å². The Morgan fingerprint density at radius 3 is 2.77 bits per heavy atom. The third kappa shape index (κ3) is 5.43. The summed E-state index contributed by atoms with van der Waals surface area (Å²) in [7, 11) is 0. The van der Waals surface area contributed by atoms with Gasteiger partial charge < -0.3 is 10.1 Å². The van der Waals surface area contributed by atoms with E-state index < -0.39 is 0 Å². The Morgan fingerprint density at radius 1 is 1.20 bits per heavy atom. The normalized spacial score (nSPS) is 10.8. The lowest BCUT2D eigenvalue weighted by molar-refractivity contribution is -0.121. The van der Waals surface area contributed by atoms with Crippen molar-refractivity contribution in [1.82, 2.24) is 19.9 Å². The molecule has 0 unspecified atom stereocenters. The second-order valence-corrected chi connectivity index (χ2v) is 7.22. The van der Waals surface area contributed by atoms with Crippen molar-refractivity contribution >= 4 is 11.6 Å². The molecule has 0 radical (unpaired) electrons. The van der Waals surface area contributed by atoms with Crippen molar-refractivity contribution in [2.75, 3.05) is 19.8 Å². The van der Waals surface area contributed by atoms with Crippen LogP contribution in [0.15, 0.2) is 36.5 Å². The number of hydrogen-bond acceptors (Lipinski definition) is 5. The zero-order valence-electron chi connectivity index (χ0n) is 17.5. The predicted octanol–water partition coefficient (Wildman–Crippen LogP) is 2.92. The Labute approximate surface area is 176 Å². The van der Waals surface area contributed by atoms with Gasteiger partial charge in [0.25, 0.3) is 0 Å². The van der Waals surface area contributed by atoms with E-state index in [1.807, 2.05) is 32.0 Å². The Morgan fingerprint density at radius 2 is 2.00 bits per heavy atom. The maximum Gasteiger partial charge on any atom is 0.220 e. The predicted molar refractivity (Wildman–Crippen MR) is 114 cm³/mol. The Hall–Kier alpha value is -3.24. The summed E-state index contributed by atoms with van der Waals surface area (Å²) >= 11 is 0. The van der Waals surface area contributed by atoms with Gasteiger partial charge in [-0.05, 0) is 44.2 Å². The van der Waals surface area contributed by atoms with Crippen molar-refractivity contribution in [3.8, 4) is 6.07 Å². The highest BCUT2D eigenvalue weighted by molar-refractivity contribution is 5.76. The molecule has 2 aromatic heterocycles. The van der Waals surface area contributed by atoms with Gasteiger partial charge in [-0.3, -0.25) is 4.79 Å². The zero-order chi connectivity index (χ0) is 21.3. The van der Waals surface area contributed by atoms with E-state index in [4.69, 9.17) is 10.00 Å². The van der Waals surface area contributed by atoms with Gasteiger partial charge in [-0.15, -0.1) is 0 Å². The van der Waals surface area contributed by atoms with Crippen molar-refractivity contribution in [3.05, 3.63) is 64.6 Å². The van der Waals surface area contributed by atoms with E-state index >= 15 is 0 Å². The molecule has 0 aliphatic heterocycles. The summed E-state index contributed by atoms with van der Waals surface area (Å²) in [6, 6.07) is 12.4. The van der Waals surface area contributed by atoms with Crippen LogP contribution in [-0.4, -0.2) is 40.3 Å². The first-order valence-electron chi connectivity index (χ1n) is 10.2. The minimum absolute atomic E-state index is 0.0105. The molecule has 3 rings (SSSR count). The van der Waals surface area contributed by atoms with Crippen LogP contribution in [-0.2, 0) is 22.4 Å². The number of nitriles is 1. The lowest BCUT2D eigenvalue weighted by atomic mass is 10.1. The second kappa shape index (κ2) is 10.5. The summed E-state index contributed by atoms with van der Waals surface area (Å²) in [6.45, 7) is 5.76. The number of aromatic nitrogens is 3. The fraction of sp³-hybridized carbons (Fsp3) is 0.391. The number of aryl methyl sites for hydroxylation is 2. The SMILES string of the molecule is Cc1nc2c(C#N)cnn2c(C)c1CCC(=O)NCCCOCCc1ccccc1. The van der Waals surface area contributed by atoms with Crippen LogP contribution in [0.3, 0.4) is 0 Å². The monoisotopic (exact) mass is 405 g/mol. The molecule has 0 aliphatic rings. The quantitative estimate of drug-likeness (QED) is 0.524. The van der Waals surface area contributed by atoms with Crippen LogP contribution in [0.4, 0.5) is 0 Å². The van der Waals surface area contributed by atoms with Gasteiger partial charge in [-0.25, -0.2) is 9.50 Å². The van der Waals surface area contributed by atoms with E-state index in [9.17, 15) is 4.79 Å². The zero-order valence-corrected chi connectivity index (χ0v) is 17.5. The average molecular weight is 406 g/mol. The van der Waals surface area contributed by atoms with Gasteiger partial charge in [0.1, 0.15) is 11.6 Å². The second-order valence-electron chi connectivity index (χ2n) is 7.22. The highest BCUT2D eigenvalue weighted by atomic mass is 16.5. The van der Waals surface area contributed by atoms with Gasteiger partial charge in [-0.2, -0.15) is 10.4 Å². The smallest absolute Gasteiger partial charge is 0.220 e. The van der Waals surface area contributed by atoms with E-state index in [-0.39, 0.29) is 5.91 Å². The molecule has 3 aromatic rings. The first-order valence-corrected chi connectivity index (χ1v) is 10.2. The summed E-state index contributed by atoms with van der Waals surface area (Å²) in [4.78, 5) is 16.7. The van der Waals surface area contributed by atoms with Gasteiger partial charge >= 0.3 is 0 Å². The maximum absolute atomic E-state index is 12.2. The highest BCUT2D eigenvalue weighted by Crippen LogP contribution is 2.18. The van der Waals surface area contributed by atoms with Gasteiger partial charge in [-0.1, -0.05) is 30.3 Å². The van der Waals surface area contributed by atoms with Crippen LogP contribution in [0.1, 0.15) is 40.9 Å². The average Bonchev–Trinajstić information content (AvgIpc) is 3.16. The van der Waals surface area contributed by atoms with E-state index in [2.05, 4.69) is 33.6 Å². The number of nitrogens with zero attached hydrogens (tertiary/aromatic N) is 4. The summed E-state index contributed by atoms with van der Waals surface area (Å²) in [5.74, 6) is 0.0105. The van der Waals surface area contributed by atoms with Gasteiger partial charge in [0.15, 0.2) is 5.65 Å². The number of amides is 1. The molecular formula is C23H27N5O2. The number of nitrogens with one attached hydrogen (secondary N) is 1. The Balaban J connectivity index is 1.37. The number of carbonyl (C=O) groups excluding carboxylic acids is 1. The van der Waals surface area contributed by atoms with Crippen LogP contribution in [0.5, 0.6) is 0 Å². The molecule has 0 bridgehead atoms. The third-order valence-electron chi connectivity index (χ3n) is 5.10. The molecule has 0 saturated heterocycles. The summed E-state index contributed by atoms with van der Waals surface area (Å²) in [5.41, 5.74) is 5.03. The lowest BCUT2D eigenvalue weighted by Crippen LogP contribution is -2.25. The molecule has 0 spiro atoms. The minimum Gasteiger partial charge on any atom is -0.381 e. The molecular weight excluding hydrogens is 378 g/mol. The third-order valence-corrected chi connectivity index (χ3v) is 5.10.